The lowest BCUT2D eigenvalue weighted by molar-refractivity contribution is -0.384. The molecular weight excluding hydrogens is 392 g/mol. The van der Waals surface area contributed by atoms with Crippen molar-refractivity contribution >= 4 is 35.4 Å². The highest BCUT2D eigenvalue weighted by Gasteiger charge is 2.09. The molecule has 0 atom stereocenters. The first-order valence-electron chi connectivity index (χ1n) is 8.81. The molecule has 0 spiro atoms. The predicted molar refractivity (Wildman–Crippen MR) is 111 cm³/mol. The second-order valence-electron chi connectivity index (χ2n) is 5.93. The van der Waals surface area contributed by atoms with Crippen molar-refractivity contribution in [2.24, 2.45) is 0 Å². The van der Waals surface area contributed by atoms with E-state index in [2.05, 4.69) is 22.4 Å². The maximum Gasteiger partial charge on any atom is 0.322 e. The van der Waals surface area contributed by atoms with Crippen molar-refractivity contribution in [3.63, 3.8) is 0 Å². The number of hydrogen-bond acceptors (Lipinski definition) is 7. The standard InChI is InChI=1S/C20H18N4O4S/c1-2-29-17-10-5-15(6-11-17)13-19-22-23-20(28-19)21-18(25)12-7-14-3-8-16(9-4-14)24(26)27/h3-12H,2,13H2,1H3,(H,21,23,25). The molecule has 0 saturated heterocycles. The Balaban J connectivity index is 1.54. The molecular formula is C20H18N4O4S. The maximum absolute atomic E-state index is 12.0. The third-order valence-corrected chi connectivity index (χ3v) is 4.71. The van der Waals surface area contributed by atoms with Crippen LogP contribution in [-0.2, 0) is 11.2 Å². The number of rotatable bonds is 8. The van der Waals surface area contributed by atoms with Crippen LogP contribution in [0.5, 0.6) is 0 Å². The first kappa shape index (κ1) is 20.3. The minimum Gasteiger partial charge on any atom is -0.407 e. The summed E-state index contributed by atoms with van der Waals surface area (Å²) in [5.41, 5.74) is 1.68. The minimum absolute atomic E-state index is 0.0104. The molecule has 0 fully saturated rings. The third kappa shape index (κ3) is 6.01. The molecule has 29 heavy (non-hydrogen) atoms. The van der Waals surface area contributed by atoms with Crippen molar-refractivity contribution in [1.82, 2.24) is 10.2 Å². The average Bonchev–Trinajstić information content (AvgIpc) is 3.15. The van der Waals surface area contributed by atoms with Crippen molar-refractivity contribution < 1.29 is 14.1 Å². The summed E-state index contributed by atoms with van der Waals surface area (Å²) < 4.78 is 5.46. The molecule has 0 bridgehead atoms. The Morgan fingerprint density at radius 3 is 2.55 bits per heavy atom. The number of nitro groups is 1. The molecule has 3 aromatic rings. The molecule has 2 aromatic carbocycles. The zero-order valence-electron chi connectivity index (χ0n) is 15.6. The number of aromatic nitrogens is 2. The first-order chi connectivity index (χ1) is 14.0. The number of nitro benzene ring substituents is 1. The van der Waals surface area contributed by atoms with Gasteiger partial charge in [0.2, 0.25) is 5.89 Å². The highest BCUT2D eigenvalue weighted by atomic mass is 32.2. The fraction of sp³-hybridized carbons (Fsp3) is 0.150. The van der Waals surface area contributed by atoms with Crippen LogP contribution in [-0.4, -0.2) is 26.8 Å². The summed E-state index contributed by atoms with van der Waals surface area (Å²) in [6.45, 7) is 2.11. The van der Waals surface area contributed by atoms with Crippen molar-refractivity contribution in [3.8, 4) is 0 Å². The summed E-state index contributed by atoms with van der Waals surface area (Å²) in [6, 6.07) is 14.0. The minimum atomic E-state index is -0.480. The Morgan fingerprint density at radius 2 is 1.90 bits per heavy atom. The summed E-state index contributed by atoms with van der Waals surface area (Å²) in [5.74, 6) is 0.972. The van der Waals surface area contributed by atoms with Gasteiger partial charge in [0, 0.05) is 23.1 Å². The first-order valence-corrected chi connectivity index (χ1v) is 9.79. The number of benzene rings is 2. The van der Waals surface area contributed by atoms with Gasteiger partial charge in [0.1, 0.15) is 0 Å². The lowest BCUT2D eigenvalue weighted by Crippen LogP contribution is -2.07. The Labute approximate surface area is 171 Å². The summed E-state index contributed by atoms with van der Waals surface area (Å²) in [4.78, 5) is 23.4. The van der Waals surface area contributed by atoms with Gasteiger partial charge in [-0.1, -0.05) is 24.2 Å². The van der Waals surface area contributed by atoms with Gasteiger partial charge < -0.3 is 4.42 Å². The van der Waals surface area contributed by atoms with Gasteiger partial charge in [-0.15, -0.1) is 16.9 Å². The van der Waals surface area contributed by atoms with Crippen LogP contribution >= 0.6 is 11.8 Å². The van der Waals surface area contributed by atoms with E-state index in [4.69, 9.17) is 4.42 Å². The molecule has 0 radical (unpaired) electrons. The van der Waals surface area contributed by atoms with Crippen LogP contribution in [0.1, 0.15) is 23.9 Å². The molecule has 3 rings (SSSR count). The predicted octanol–water partition coefficient (Wildman–Crippen LogP) is 4.33. The number of anilines is 1. The monoisotopic (exact) mass is 410 g/mol. The normalized spacial score (nSPS) is 10.9. The van der Waals surface area contributed by atoms with Crippen molar-refractivity contribution in [1.29, 1.82) is 0 Å². The molecule has 9 heteroatoms. The van der Waals surface area contributed by atoms with E-state index in [0.717, 1.165) is 11.3 Å². The van der Waals surface area contributed by atoms with Crippen LogP contribution in [0.25, 0.3) is 6.08 Å². The van der Waals surface area contributed by atoms with Gasteiger partial charge in [-0.05, 0) is 47.2 Å². The second-order valence-corrected chi connectivity index (χ2v) is 7.26. The van der Waals surface area contributed by atoms with Crippen LogP contribution in [0.4, 0.5) is 11.7 Å². The van der Waals surface area contributed by atoms with Crippen LogP contribution in [0.3, 0.4) is 0 Å². The van der Waals surface area contributed by atoms with E-state index >= 15 is 0 Å². The Morgan fingerprint density at radius 1 is 1.17 bits per heavy atom. The Hall–Kier alpha value is -3.46. The molecule has 148 valence electrons. The number of thioether (sulfide) groups is 1. The number of hydrogen-bond donors (Lipinski definition) is 1. The fourth-order valence-corrected chi connectivity index (χ4v) is 3.11. The van der Waals surface area contributed by atoms with Crippen LogP contribution in [0, 0.1) is 10.1 Å². The fourth-order valence-electron chi connectivity index (χ4n) is 2.45. The molecule has 1 aromatic heterocycles. The summed E-state index contributed by atoms with van der Waals surface area (Å²) in [6.07, 6.45) is 3.29. The summed E-state index contributed by atoms with van der Waals surface area (Å²) >= 11 is 1.77. The average molecular weight is 410 g/mol. The molecule has 0 saturated carbocycles. The van der Waals surface area contributed by atoms with Gasteiger partial charge in [-0.25, -0.2) is 0 Å². The lowest BCUT2D eigenvalue weighted by Gasteiger charge is -2.00. The highest BCUT2D eigenvalue weighted by molar-refractivity contribution is 7.99. The molecule has 1 N–H and O–H groups in total. The second kappa shape index (κ2) is 9.65. The Bertz CT molecular complexity index is 1010. The van der Waals surface area contributed by atoms with Gasteiger partial charge in [0.15, 0.2) is 0 Å². The summed E-state index contributed by atoms with van der Waals surface area (Å²) in [5, 5.41) is 20.9. The SMILES string of the molecule is CCSc1ccc(Cc2nnc(NC(=O)C=Cc3ccc([N+](=O)[O-])cc3)o2)cc1. The number of carbonyl (C=O) groups excluding carboxylic acids is 1. The van der Waals surface area contributed by atoms with Crippen molar-refractivity contribution in [2.45, 2.75) is 18.2 Å². The van der Waals surface area contributed by atoms with E-state index in [1.54, 1.807) is 23.9 Å². The van der Waals surface area contributed by atoms with E-state index in [1.807, 2.05) is 24.3 Å². The van der Waals surface area contributed by atoms with Crippen LogP contribution in [0.2, 0.25) is 0 Å². The van der Waals surface area contributed by atoms with Gasteiger partial charge in [0.05, 0.1) is 11.3 Å². The Kier molecular flexibility index (Phi) is 6.75. The molecule has 1 heterocycles. The molecule has 1 amide bonds. The van der Waals surface area contributed by atoms with E-state index in [1.165, 1.54) is 29.2 Å². The lowest BCUT2D eigenvalue weighted by atomic mass is 10.1. The largest absolute Gasteiger partial charge is 0.407 e. The maximum atomic E-state index is 12.0. The number of amides is 1. The number of nitrogens with one attached hydrogen (secondary N) is 1. The number of carbonyl (C=O) groups is 1. The number of nitrogens with zero attached hydrogens (tertiary/aromatic N) is 3. The van der Waals surface area contributed by atoms with Crippen LogP contribution < -0.4 is 5.32 Å². The van der Waals surface area contributed by atoms with Gasteiger partial charge in [-0.3, -0.25) is 20.2 Å². The van der Waals surface area contributed by atoms with Crippen LogP contribution in [0.15, 0.2) is 63.9 Å². The quantitative estimate of drug-likeness (QED) is 0.254. The third-order valence-electron chi connectivity index (χ3n) is 3.82. The van der Waals surface area contributed by atoms with Gasteiger partial charge in [0.25, 0.3) is 11.6 Å². The highest BCUT2D eigenvalue weighted by Crippen LogP contribution is 2.19. The van der Waals surface area contributed by atoms with Crippen molar-refractivity contribution in [3.05, 3.63) is 81.7 Å². The number of non-ortho nitro benzene ring substituents is 1. The van der Waals surface area contributed by atoms with Crippen molar-refractivity contribution in [2.75, 3.05) is 11.1 Å². The zero-order valence-corrected chi connectivity index (χ0v) is 16.4. The molecule has 8 nitrogen and oxygen atoms in total. The van der Waals surface area contributed by atoms with E-state index in [9.17, 15) is 14.9 Å². The summed E-state index contributed by atoms with van der Waals surface area (Å²) in [7, 11) is 0. The molecule has 0 aliphatic carbocycles. The molecule has 0 aliphatic rings. The van der Waals surface area contributed by atoms with E-state index in [0.29, 0.717) is 17.9 Å². The smallest absolute Gasteiger partial charge is 0.322 e. The topological polar surface area (TPSA) is 111 Å². The van der Waals surface area contributed by atoms with Gasteiger partial charge in [-0.2, -0.15) is 0 Å². The molecule has 0 aliphatic heterocycles. The van der Waals surface area contributed by atoms with E-state index < -0.39 is 10.8 Å². The molecule has 0 unspecified atom stereocenters. The van der Waals surface area contributed by atoms with E-state index in [-0.39, 0.29) is 11.7 Å². The zero-order chi connectivity index (χ0) is 20.6. The van der Waals surface area contributed by atoms with Gasteiger partial charge >= 0.3 is 6.01 Å².